The van der Waals surface area contributed by atoms with E-state index in [2.05, 4.69) is 15.6 Å². The van der Waals surface area contributed by atoms with E-state index in [0.717, 1.165) is 66.8 Å². The second-order valence-corrected chi connectivity index (χ2v) is 13.7. The predicted molar refractivity (Wildman–Crippen MR) is 172 cm³/mol. The molecular formula is C33H51N5O4S. The summed E-state index contributed by atoms with van der Waals surface area (Å²) < 4.78 is 0. The molecular weight excluding hydrogens is 562 g/mol. The fraction of sp³-hybridized carbons (Fsp3) is 0.636. The van der Waals surface area contributed by atoms with E-state index in [4.69, 9.17) is 5.73 Å². The second kappa shape index (κ2) is 16.3. The van der Waals surface area contributed by atoms with Gasteiger partial charge in [-0.1, -0.05) is 77.1 Å². The van der Waals surface area contributed by atoms with Gasteiger partial charge in [0.25, 0.3) is 0 Å². The number of nitrogens with two attached hydrogens (primary N) is 1. The van der Waals surface area contributed by atoms with Crippen LogP contribution in [0.15, 0.2) is 29.8 Å². The molecule has 0 spiro atoms. The summed E-state index contributed by atoms with van der Waals surface area (Å²) in [5, 5.41) is 16.5. The van der Waals surface area contributed by atoms with Crippen LogP contribution < -0.4 is 16.4 Å². The molecule has 2 unspecified atom stereocenters. The highest BCUT2D eigenvalue weighted by molar-refractivity contribution is 7.13. The van der Waals surface area contributed by atoms with Crippen molar-refractivity contribution >= 4 is 29.1 Å². The Hall–Kier alpha value is -2.82. The number of rotatable bonds is 15. The molecule has 43 heavy (non-hydrogen) atoms. The van der Waals surface area contributed by atoms with Crippen LogP contribution in [-0.2, 0) is 14.4 Å². The number of carbonyl (C=O) groups is 3. The van der Waals surface area contributed by atoms with Gasteiger partial charge in [0.2, 0.25) is 17.7 Å². The summed E-state index contributed by atoms with van der Waals surface area (Å²) in [5.41, 5.74) is 9.79. The maximum atomic E-state index is 13.8. The number of nitrogens with zero attached hydrogens (tertiary/aromatic N) is 2. The fourth-order valence-corrected chi connectivity index (χ4v) is 6.37. The Labute approximate surface area is 261 Å². The first-order valence-corrected chi connectivity index (χ1v) is 16.6. The van der Waals surface area contributed by atoms with Crippen LogP contribution in [0, 0.1) is 12.3 Å². The summed E-state index contributed by atoms with van der Waals surface area (Å²) in [5.74, 6) is -0.817. The first kappa shape index (κ1) is 34.7. The Morgan fingerprint density at radius 1 is 1.05 bits per heavy atom. The molecule has 2 heterocycles. The van der Waals surface area contributed by atoms with Crippen LogP contribution in [0.5, 0.6) is 0 Å². The van der Waals surface area contributed by atoms with E-state index in [0.29, 0.717) is 6.42 Å². The number of hydrogen-bond acceptors (Lipinski definition) is 7. The third kappa shape index (κ3) is 10.1. The van der Waals surface area contributed by atoms with Crippen LogP contribution in [0.3, 0.4) is 0 Å². The first-order valence-electron chi connectivity index (χ1n) is 15.7. The number of aliphatic hydroxyl groups excluding tert-OH is 1. The van der Waals surface area contributed by atoms with Gasteiger partial charge in [0.05, 0.1) is 28.2 Å². The number of benzene rings is 1. The highest BCUT2D eigenvalue weighted by Gasteiger charge is 2.44. The van der Waals surface area contributed by atoms with Gasteiger partial charge in [-0.15, -0.1) is 11.3 Å². The molecule has 0 saturated carbocycles. The highest BCUT2D eigenvalue weighted by atomic mass is 32.1. The summed E-state index contributed by atoms with van der Waals surface area (Å²) in [7, 11) is 0. The maximum absolute atomic E-state index is 13.8. The van der Waals surface area contributed by atoms with Crippen LogP contribution in [0.2, 0.25) is 0 Å². The first-order chi connectivity index (χ1) is 20.4. The average Bonchev–Trinajstić information content (AvgIpc) is 3.57. The van der Waals surface area contributed by atoms with Gasteiger partial charge in [-0.05, 0) is 49.8 Å². The van der Waals surface area contributed by atoms with E-state index < -0.39 is 23.6 Å². The van der Waals surface area contributed by atoms with Crippen LogP contribution in [0.25, 0.3) is 10.4 Å². The van der Waals surface area contributed by atoms with Crippen LogP contribution in [-0.4, -0.2) is 64.0 Å². The molecule has 4 atom stereocenters. The van der Waals surface area contributed by atoms with Gasteiger partial charge in [-0.25, -0.2) is 4.98 Å². The van der Waals surface area contributed by atoms with Crippen molar-refractivity contribution in [1.82, 2.24) is 20.5 Å². The minimum Gasteiger partial charge on any atom is -0.391 e. The Balaban J connectivity index is 1.58. The Morgan fingerprint density at radius 3 is 2.26 bits per heavy atom. The zero-order chi connectivity index (χ0) is 31.6. The highest BCUT2D eigenvalue weighted by Crippen LogP contribution is 2.29. The van der Waals surface area contributed by atoms with Crippen LogP contribution in [0.4, 0.5) is 0 Å². The molecule has 9 nitrogen and oxygen atoms in total. The number of aromatic nitrogens is 1. The molecule has 1 aromatic carbocycles. The van der Waals surface area contributed by atoms with E-state index in [-0.39, 0.29) is 36.7 Å². The number of amides is 3. The smallest absolute Gasteiger partial charge is 0.246 e. The van der Waals surface area contributed by atoms with Crippen molar-refractivity contribution in [2.24, 2.45) is 11.1 Å². The Bertz CT molecular complexity index is 1190. The number of unbranched alkanes of at least 4 members (excludes halogenated alkanes) is 6. The van der Waals surface area contributed by atoms with E-state index in [1.54, 1.807) is 11.3 Å². The van der Waals surface area contributed by atoms with Gasteiger partial charge in [-0.2, -0.15) is 0 Å². The molecule has 0 bridgehead atoms. The van der Waals surface area contributed by atoms with Crippen molar-refractivity contribution < 1.29 is 19.5 Å². The van der Waals surface area contributed by atoms with Crippen molar-refractivity contribution in [1.29, 1.82) is 0 Å². The molecule has 3 rings (SSSR count). The van der Waals surface area contributed by atoms with Gasteiger partial charge in [0.15, 0.2) is 0 Å². The number of nitrogens with one attached hydrogen (secondary N) is 2. The van der Waals surface area contributed by atoms with Crippen molar-refractivity contribution in [3.8, 4) is 10.4 Å². The molecule has 1 saturated heterocycles. The third-order valence-corrected chi connectivity index (χ3v) is 9.15. The summed E-state index contributed by atoms with van der Waals surface area (Å²) >= 11 is 1.59. The quantitative estimate of drug-likeness (QED) is 0.212. The molecule has 0 radical (unpaired) electrons. The van der Waals surface area contributed by atoms with Crippen molar-refractivity contribution in [2.45, 2.75) is 117 Å². The zero-order valence-electron chi connectivity index (χ0n) is 26.5. The number of carbonyl (C=O) groups excluding carboxylic acids is 3. The molecule has 1 fully saturated rings. The minimum atomic E-state index is -0.815. The molecule has 10 heteroatoms. The lowest BCUT2D eigenvalue weighted by atomic mass is 9.85. The zero-order valence-corrected chi connectivity index (χ0v) is 27.3. The molecule has 3 amide bonds. The lowest BCUT2D eigenvalue weighted by Gasteiger charge is -2.35. The molecule has 1 aliphatic rings. The second-order valence-electron chi connectivity index (χ2n) is 12.9. The molecule has 1 aromatic heterocycles. The van der Waals surface area contributed by atoms with Crippen LogP contribution in [0.1, 0.15) is 103 Å². The Kier molecular flexibility index (Phi) is 13.1. The summed E-state index contributed by atoms with van der Waals surface area (Å²) in [6.45, 7) is 10.4. The summed E-state index contributed by atoms with van der Waals surface area (Å²) in [4.78, 5) is 47.0. The van der Waals surface area contributed by atoms with Gasteiger partial charge in [-0.3, -0.25) is 14.4 Å². The van der Waals surface area contributed by atoms with Crippen LogP contribution >= 0.6 is 11.3 Å². The molecule has 2 aromatic rings. The molecule has 5 N–H and O–H groups in total. The van der Waals surface area contributed by atoms with E-state index in [1.165, 1.54) is 11.3 Å². The summed E-state index contributed by atoms with van der Waals surface area (Å²) in [6, 6.07) is 6.10. The van der Waals surface area contributed by atoms with E-state index in [9.17, 15) is 19.5 Å². The number of aryl methyl sites for hydroxylation is 1. The standard InChI is InChI=1S/C33H51N5O4S/c1-22(24-14-16-25(17-15-24)29-23(2)35-21-43-29)36-31(41)27-19-26(39)20-38(27)32(42)30(33(3,4)5)37-28(40)13-11-9-7-6-8-10-12-18-34/h14-17,21-22,26-27,30,39H,6-13,18-20,34H2,1-5H3,(H,36,41)(H,37,40)/t22?,26-,27+,30?/m1/s1. The largest absolute Gasteiger partial charge is 0.391 e. The lowest BCUT2D eigenvalue weighted by molar-refractivity contribution is -0.144. The van der Waals surface area contributed by atoms with E-state index >= 15 is 0 Å². The molecule has 238 valence electrons. The Morgan fingerprint density at radius 2 is 1.67 bits per heavy atom. The van der Waals surface area contributed by atoms with Gasteiger partial charge in [0.1, 0.15) is 12.1 Å². The topological polar surface area (TPSA) is 138 Å². The number of thiazole rings is 1. The van der Waals surface area contributed by atoms with Gasteiger partial charge >= 0.3 is 0 Å². The number of aliphatic hydroxyl groups is 1. The monoisotopic (exact) mass is 613 g/mol. The van der Waals surface area contributed by atoms with Crippen molar-refractivity contribution in [3.63, 3.8) is 0 Å². The third-order valence-electron chi connectivity index (χ3n) is 8.17. The molecule has 0 aliphatic carbocycles. The van der Waals surface area contributed by atoms with Crippen molar-refractivity contribution in [3.05, 3.63) is 41.0 Å². The minimum absolute atomic E-state index is 0.0564. The normalized spacial score (nSPS) is 18.3. The number of likely N-dealkylation sites (tertiary alicyclic amines) is 1. The maximum Gasteiger partial charge on any atom is 0.246 e. The predicted octanol–water partition coefficient (Wildman–Crippen LogP) is 4.87. The van der Waals surface area contributed by atoms with Gasteiger partial charge < -0.3 is 26.4 Å². The summed E-state index contributed by atoms with van der Waals surface area (Å²) in [6.07, 6.45) is 7.03. The van der Waals surface area contributed by atoms with Gasteiger partial charge in [0, 0.05) is 19.4 Å². The van der Waals surface area contributed by atoms with E-state index in [1.807, 2.05) is 64.4 Å². The SMILES string of the molecule is Cc1ncsc1-c1ccc(C(C)NC(=O)[C@@H]2C[C@@H](O)CN2C(=O)C(NC(=O)CCCCCCCCCN)C(C)(C)C)cc1. The lowest BCUT2D eigenvalue weighted by Crippen LogP contribution is -2.57. The average molecular weight is 614 g/mol. The van der Waals surface area contributed by atoms with Crippen molar-refractivity contribution in [2.75, 3.05) is 13.1 Å². The molecule has 1 aliphatic heterocycles. The number of β-amino-alcohol motifs (C(OH)–C–C–N with tert-alkyl or cyclic N) is 1. The fourth-order valence-electron chi connectivity index (χ4n) is 5.56. The number of hydrogen-bond donors (Lipinski definition) is 4.